The average molecular weight is 424 g/mol. The molecule has 0 aliphatic carbocycles. The lowest BCUT2D eigenvalue weighted by molar-refractivity contribution is 0.0285. The summed E-state index contributed by atoms with van der Waals surface area (Å²) in [6, 6.07) is 12.7. The van der Waals surface area contributed by atoms with Crippen LogP contribution in [-0.4, -0.2) is 36.7 Å². The van der Waals surface area contributed by atoms with Gasteiger partial charge < -0.3 is 24.1 Å². The molecule has 0 saturated heterocycles. The largest absolute Gasteiger partial charge is 0.497 e. The molecule has 0 spiro atoms. The van der Waals surface area contributed by atoms with Crippen LogP contribution in [0.25, 0.3) is 11.0 Å². The third kappa shape index (κ3) is 5.36. The summed E-state index contributed by atoms with van der Waals surface area (Å²) in [5.74, 6) is 0.901. The Morgan fingerprint density at radius 3 is 2.55 bits per heavy atom. The smallest absolute Gasteiger partial charge is 0.410 e. The van der Waals surface area contributed by atoms with E-state index in [0.717, 1.165) is 5.56 Å². The second kappa shape index (κ2) is 8.71. The maximum atomic E-state index is 13.0. The van der Waals surface area contributed by atoms with E-state index in [2.05, 4.69) is 5.32 Å². The van der Waals surface area contributed by atoms with Gasteiger partial charge in [-0.25, -0.2) is 4.79 Å². The van der Waals surface area contributed by atoms with Crippen LogP contribution in [-0.2, 0) is 11.3 Å². The first-order valence-electron chi connectivity index (χ1n) is 9.99. The monoisotopic (exact) mass is 424 g/mol. The molecule has 0 atom stereocenters. The van der Waals surface area contributed by atoms with Crippen LogP contribution in [0.5, 0.6) is 5.75 Å². The minimum Gasteiger partial charge on any atom is -0.497 e. The summed E-state index contributed by atoms with van der Waals surface area (Å²) in [6.45, 7) is 7.58. The van der Waals surface area contributed by atoms with Gasteiger partial charge in [-0.05, 0) is 63.6 Å². The zero-order chi connectivity index (χ0) is 22.8. The highest BCUT2D eigenvalue weighted by Crippen LogP contribution is 2.29. The Bertz CT molecular complexity index is 1110. The van der Waals surface area contributed by atoms with Gasteiger partial charge in [-0.3, -0.25) is 4.79 Å². The van der Waals surface area contributed by atoms with E-state index in [4.69, 9.17) is 13.9 Å². The Balaban J connectivity index is 1.77. The van der Waals surface area contributed by atoms with E-state index in [1.165, 1.54) is 4.90 Å². The minimum absolute atomic E-state index is 0.276. The number of hydrogen-bond acceptors (Lipinski definition) is 5. The predicted octanol–water partition coefficient (Wildman–Crippen LogP) is 5.37. The third-order valence-corrected chi connectivity index (χ3v) is 4.61. The number of methoxy groups -OCH3 is 1. The lowest BCUT2D eigenvalue weighted by atomic mass is 10.1. The highest BCUT2D eigenvalue weighted by Gasteiger charge is 2.21. The molecule has 2 aromatic carbocycles. The normalized spacial score (nSPS) is 11.3. The second-order valence-electron chi connectivity index (χ2n) is 8.39. The Morgan fingerprint density at radius 1 is 1.13 bits per heavy atom. The number of benzene rings is 2. The number of nitrogens with one attached hydrogen (secondary N) is 1. The average Bonchev–Trinajstić information content (AvgIpc) is 3.01. The van der Waals surface area contributed by atoms with Gasteiger partial charge in [-0.1, -0.05) is 12.1 Å². The van der Waals surface area contributed by atoms with Crippen LogP contribution in [0.3, 0.4) is 0 Å². The second-order valence-corrected chi connectivity index (χ2v) is 8.39. The first kappa shape index (κ1) is 22.2. The van der Waals surface area contributed by atoms with Crippen molar-refractivity contribution in [3.8, 4) is 5.75 Å². The standard InChI is InChI=1S/C24H28N2O5/c1-15-21(19-13-18(29-6)10-11-20(19)30-15)22(27)25-17-9-7-8-16(12-17)14-26(5)23(28)31-24(2,3)4/h7-13H,14H2,1-6H3,(H,25,27). The molecule has 1 aromatic heterocycles. The van der Waals surface area contributed by atoms with E-state index in [1.54, 1.807) is 45.3 Å². The molecular weight excluding hydrogens is 396 g/mol. The lowest BCUT2D eigenvalue weighted by Gasteiger charge is -2.24. The van der Waals surface area contributed by atoms with E-state index in [9.17, 15) is 9.59 Å². The highest BCUT2D eigenvalue weighted by atomic mass is 16.6. The van der Waals surface area contributed by atoms with E-state index in [-0.39, 0.29) is 5.91 Å². The summed E-state index contributed by atoms with van der Waals surface area (Å²) >= 11 is 0. The Hall–Kier alpha value is -3.48. The molecule has 7 nitrogen and oxygen atoms in total. The van der Waals surface area contributed by atoms with Crippen molar-refractivity contribution in [2.45, 2.75) is 39.8 Å². The number of hydrogen-bond donors (Lipinski definition) is 1. The van der Waals surface area contributed by atoms with E-state index >= 15 is 0 Å². The molecule has 0 bridgehead atoms. The summed E-state index contributed by atoms with van der Waals surface area (Å²) in [7, 11) is 3.25. The summed E-state index contributed by atoms with van der Waals surface area (Å²) in [5.41, 5.74) is 2.01. The number of carbonyl (C=O) groups is 2. The molecule has 3 aromatic rings. The fourth-order valence-electron chi connectivity index (χ4n) is 3.23. The van der Waals surface area contributed by atoms with Gasteiger partial charge in [-0.15, -0.1) is 0 Å². The molecule has 7 heteroatoms. The van der Waals surface area contributed by atoms with Crippen molar-refractivity contribution in [3.05, 3.63) is 59.4 Å². The summed E-state index contributed by atoms with van der Waals surface area (Å²) in [4.78, 5) is 26.7. The Kier molecular flexibility index (Phi) is 6.24. The molecule has 0 saturated carbocycles. The van der Waals surface area contributed by atoms with Gasteiger partial charge in [-0.2, -0.15) is 0 Å². The van der Waals surface area contributed by atoms with Gasteiger partial charge >= 0.3 is 6.09 Å². The Labute approximate surface area is 181 Å². The number of rotatable bonds is 5. The maximum absolute atomic E-state index is 13.0. The molecule has 3 rings (SSSR count). The molecule has 164 valence electrons. The van der Waals surface area contributed by atoms with Gasteiger partial charge in [0.25, 0.3) is 5.91 Å². The van der Waals surface area contributed by atoms with Crippen LogP contribution < -0.4 is 10.1 Å². The number of carbonyl (C=O) groups excluding carboxylic acids is 2. The van der Waals surface area contributed by atoms with Gasteiger partial charge in [0.15, 0.2) is 0 Å². The van der Waals surface area contributed by atoms with Crippen molar-refractivity contribution in [1.29, 1.82) is 0 Å². The molecule has 2 amide bonds. The van der Waals surface area contributed by atoms with Gasteiger partial charge in [0.05, 0.1) is 12.7 Å². The van der Waals surface area contributed by atoms with Gasteiger partial charge in [0.2, 0.25) is 0 Å². The molecular formula is C24H28N2O5. The predicted molar refractivity (Wildman–Crippen MR) is 120 cm³/mol. The topological polar surface area (TPSA) is 81.0 Å². The van der Waals surface area contributed by atoms with E-state index in [0.29, 0.717) is 40.3 Å². The highest BCUT2D eigenvalue weighted by molar-refractivity contribution is 6.13. The molecule has 0 unspecified atom stereocenters. The molecule has 0 aliphatic heterocycles. The number of anilines is 1. The van der Waals surface area contributed by atoms with Crippen molar-refractivity contribution >= 4 is 28.7 Å². The fourth-order valence-corrected chi connectivity index (χ4v) is 3.23. The fraction of sp³-hybridized carbons (Fsp3) is 0.333. The third-order valence-electron chi connectivity index (χ3n) is 4.61. The molecule has 0 fully saturated rings. The molecule has 0 radical (unpaired) electrons. The van der Waals surface area contributed by atoms with Crippen LogP contribution in [0.4, 0.5) is 10.5 Å². The van der Waals surface area contributed by atoms with Crippen LogP contribution in [0.1, 0.15) is 42.5 Å². The van der Waals surface area contributed by atoms with Crippen molar-refractivity contribution in [3.63, 3.8) is 0 Å². The zero-order valence-electron chi connectivity index (χ0n) is 18.7. The van der Waals surface area contributed by atoms with Crippen LogP contribution in [0.15, 0.2) is 46.9 Å². The molecule has 1 heterocycles. The van der Waals surface area contributed by atoms with Crippen molar-refractivity contribution in [2.75, 3.05) is 19.5 Å². The summed E-state index contributed by atoms with van der Waals surface area (Å²) in [5, 5.41) is 3.61. The number of furan rings is 1. The molecule has 0 aliphatic rings. The first-order chi connectivity index (χ1) is 14.6. The quantitative estimate of drug-likeness (QED) is 0.596. The minimum atomic E-state index is -0.560. The number of ether oxygens (including phenoxy) is 2. The lowest BCUT2D eigenvalue weighted by Crippen LogP contribution is -2.33. The van der Waals surface area contributed by atoms with Gasteiger partial charge in [0.1, 0.15) is 22.7 Å². The van der Waals surface area contributed by atoms with Crippen molar-refractivity contribution in [2.24, 2.45) is 0 Å². The van der Waals surface area contributed by atoms with Gasteiger partial charge in [0, 0.05) is 24.7 Å². The van der Waals surface area contributed by atoms with E-state index in [1.807, 2.05) is 39.0 Å². The van der Waals surface area contributed by atoms with Crippen LogP contribution >= 0.6 is 0 Å². The first-order valence-corrected chi connectivity index (χ1v) is 9.99. The number of nitrogens with zero attached hydrogens (tertiary/aromatic N) is 1. The summed E-state index contributed by atoms with van der Waals surface area (Å²) < 4.78 is 16.4. The SMILES string of the molecule is COc1ccc2oc(C)c(C(=O)Nc3cccc(CN(C)C(=O)OC(C)(C)C)c3)c2c1. The van der Waals surface area contributed by atoms with Crippen LogP contribution in [0, 0.1) is 6.92 Å². The molecule has 31 heavy (non-hydrogen) atoms. The number of aryl methyl sites for hydroxylation is 1. The zero-order valence-corrected chi connectivity index (χ0v) is 18.7. The molecule has 1 N–H and O–H groups in total. The number of amides is 2. The van der Waals surface area contributed by atoms with Crippen LogP contribution in [0.2, 0.25) is 0 Å². The summed E-state index contributed by atoms with van der Waals surface area (Å²) in [6.07, 6.45) is -0.406. The maximum Gasteiger partial charge on any atom is 0.410 e. The number of fused-ring (bicyclic) bond motifs is 1. The van der Waals surface area contributed by atoms with E-state index < -0.39 is 11.7 Å². The van der Waals surface area contributed by atoms with Crippen molar-refractivity contribution < 1.29 is 23.5 Å². The Morgan fingerprint density at radius 2 is 1.87 bits per heavy atom. The van der Waals surface area contributed by atoms with Crippen molar-refractivity contribution in [1.82, 2.24) is 4.90 Å².